The minimum absolute atomic E-state index is 0.0739. The Balaban J connectivity index is 1.47. The van der Waals surface area contributed by atoms with Gasteiger partial charge in [-0.2, -0.15) is 0 Å². The van der Waals surface area contributed by atoms with Crippen LogP contribution in [0.15, 0.2) is 72.1 Å². The predicted molar refractivity (Wildman–Crippen MR) is 112 cm³/mol. The van der Waals surface area contributed by atoms with Crippen molar-refractivity contribution < 1.29 is 9.18 Å². The van der Waals surface area contributed by atoms with E-state index in [-0.39, 0.29) is 17.8 Å². The van der Waals surface area contributed by atoms with Crippen LogP contribution >= 0.6 is 11.3 Å². The van der Waals surface area contributed by atoms with Crippen molar-refractivity contribution in [3.05, 3.63) is 88.4 Å². The summed E-state index contributed by atoms with van der Waals surface area (Å²) in [5.74, 6) is -0.117. The van der Waals surface area contributed by atoms with Gasteiger partial charge in [-0.15, -0.1) is 11.3 Å². The SMILES string of the molecule is O=C(c1cccs1)N(c1ccccc1)C1CCN(Cc2cccc(F)c2)CC1. The number of hydrogen-bond acceptors (Lipinski definition) is 3. The van der Waals surface area contributed by atoms with E-state index in [0.29, 0.717) is 0 Å². The lowest BCUT2D eigenvalue weighted by Crippen LogP contribution is -2.47. The van der Waals surface area contributed by atoms with Gasteiger partial charge in [-0.25, -0.2) is 4.39 Å². The van der Waals surface area contributed by atoms with Crippen LogP contribution in [0.2, 0.25) is 0 Å². The van der Waals surface area contributed by atoms with Crippen molar-refractivity contribution >= 4 is 22.9 Å². The van der Waals surface area contributed by atoms with Gasteiger partial charge in [-0.1, -0.05) is 36.4 Å². The number of benzene rings is 2. The highest BCUT2D eigenvalue weighted by Crippen LogP contribution is 2.27. The van der Waals surface area contributed by atoms with Crippen molar-refractivity contribution in [2.24, 2.45) is 0 Å². The van der Waals surface area contributed by atoms with Crippen LogP contribution in [-0.2, 0) is 6.54 Å². The molecule has 1 aromatic heterocycles. The topological polar surface area (TPSA) is 23.6 Å². The third-order valence-corrected chi connectivity index (χ3v) is 6.06. The molecule has 144 valence electrons. The van der Waals surface area contributed by atoms with E-state index in [1.807, 2.05) is 58.8 Å². The van der Waals surface area contributed by atoms with E-state index < -0.39 is 0 Å². The molecule has 1 fully saturated rings. The van der Waals surface area contributed by atoms with Gasteiger partial charge in [-0.3, -0.25) is 9.69 Å². The quantitative estimate of drug-likeness (QED) is 0.594. The highest BCUT2D eigenvalue weighted by Gasteiger charge is 2.30. The van der Waals surface area contributed by atoms with Crippen LogP contribution in [0.3, 0.4) is 0 Å². The van der Waals surface area contributed by atoms with Crippen molar-refractivity contribution in [3.8, 4) is 0 Å². The van der Waals surface area contributed by atoms with Gasteiger partial charge in [-0.05, 0) is 54.1 Å². The first-order valence-corrected chi connectivity index (χ1v) is 10.5. The molecule has 28 heavy (non-hydrogen) atoms. The van der Waals surface area contributed by atoms with Gasteiger partial charge in [0.15, 0.2) is 0 Å². The first-order valence-electron chi connectivity index (χ1n) is 9.59. The van der Waals surface area contributed by atoms with Gasteiger partial charge in [0.05, 0.1) is 4.88 Å². The second kappa shape index (κ2) is 8.67. The summed E-state index contributed by atoms with van der Waals surface area (Å²) in [6.45, 7) is 2.53. The number of thiophene rings is 1. The zero-order valence-corrected chi connectivity index (χ0v) is 16.4. The van der Waals surface area contributed by atoms with E-state index in [1.54, 1.807) is 12.1 Å². The lowest BCUT2D eigenvalue weighted by Gasteiger charge is -2.38. The maximum atomic E-state index is 13.4. The fourth-order valence-corrected chi connectivity index (χ4v) is 4.49. The summed E-state index contributed by atoms with van der Waals surface area (Å²) in [5.41, 5.74) is 1.94. The summed E-state index contributed by atoms with van der Waals surface area (Å²) in [7, 11) is 0. The Bertz CT molecular complexity index is 905. The van der Waals surface area contributed by atoms with Crippen LogP contribution < -0.4 is 4.90 Å². The third-order valence-electron chi connectivity index (χ3n) is 5.20. The Morgan fingerprint density at radius 3 is 2.50 bits per heavy atom. The van der Waals surface area contributed by atoms with Crippen LogP contribution in [0.1, 0.15) is 28.1 Å². The molecule has 1 aliphatic heterocycles. The van der Waals surface area contributed by atoms with Crippen LogP contribution in [0.25, 0.3) is 0 Å². The molecule has 1 saturated heterocycles. The lowest BCUT2D eigenvalue weighted by atomic mass is 10.0. The van der Waals surface area contributed by atoms with Crippen molar-refractivity contribution in [3.63, 3.8) is 0 Å². The second-order valence-electron chi connectivity index (χ2n) is 7.13. The number of carbonyl (C=O) groups excluding carboxylic acids is 1. The summed E-state index contributed by atoms with van der Waals surface area (Å²) in [6, 6.07) is 20.7. The first-order chi connectivity index (χ1) is 13.7. The van der Waals surface area contributed by atoms with E-state index in [2.05, 4.69) is 4.90 Å². The lowest BCUT2D eigenvalue weighted by molar-refractivity contribution is 0.0962. The Morgan fingerprint density at radius 1 is 1.04 bits per heavy atom. The molecule has 4 rings (SSSR count). The van der Waals surface area contributed by atoms with E-state index in [4.69, 9.17) is 0 Å². The van der Waals surface area contributed by atoms with Crippen LogP contribution in [0.5, 0.6) is 0 Å². The molecule has 3 aromatic rings. The maximum absolute atomic E-state index is 13.4. The zero-order valence-electron chi connectivity index (χ0n) is 15.6. The Kier molecular flexibility index (Phi) is 5.84. The molecule has 0 N–H and O–H groups in total. The summed E-state index contributed by atoms with van der Waals surface area (Å²) in [4.78, 5) is 18.3. The maximum Gasteiger partial charge on any atom is 0.268 e. The summed E-state index contributed by atoms with van der Waals surface area (Å²) in [6.07, 6.45) is 1.81. The molecule has 5 heteroatoms. The van der Waals surface area contributed by atoms with Gasteiger partial charge >= 0.3 is 0 Å². The van der Waals surface area contributed by atoms with Crippen molar-refractivity contribution in [1.82, 2.24) is 4.90 Å². The molecule has 2 aromatic carbocycles. The predicted octanol–water partition coefficient (Wildman–Crippen LogP) is 5.20. The molecular formula is C23H23FN2OS. The van der Waals surface area contributed by atoms with Crippen molar-refractivity contribution in [2.75, 3.05) is 18.0 Å². The van der Waals surface area contributed by atoms with Gasteiger partial charge in [0.1, 0.15) is 5.82 Å². The highest BCUT2D eigenvalue weighted by atomic mass is 32.1. The molecule has 0 bridgehead atoms. The highest BCUT2D eigenvalue weighted by molar-refractivity contribution is 7.12. The van der Waals surface area contributed by atoms with Crippen LogP contribution in [-0.4, -0.2) is 29.9 Å². The average Bonchev–Trinajstić information content (AvgIpc) is 3.25. The smallest absolute Gasteiger partial charge is 0.268 e. The second-order valence-corrected chi connectivity index (χ2v) is 8.07. The molecule has 0 aliphatic carbocycles. The number of rotatable bonds is 5. The summed E-state index contributed by atoms with van der Waals surface area (Å²) in [5, 5.41) is 1.94. The van der Waals surface area contributed by atoms with Crippen LogP contribution in [0, 0.1) is 5.82 Å². The number of halogens is 1. The monoisotopic (exact) mass is 394 g/mol. The fourth-order valence-electron chi connectivity index (χ4n) is 3.83. The minimum atomic E-state index is -0.191. The number of anilines is 1. The molecule has 0 saturated carbocycles. The molecule has 0 unspecified atom stereocenters. The van der Waals surface area contributed by atoms with E-state index in [0.717, 1.165) is 48.6 Å². The van der Waals surface area contributed by atoms with Gasteiger partial charge in [0.2, 0.25) is 0 Å². The average molecular weight is 395 g/mol. The molecule has 1 aliphatic rings. The minimum Gasteiger partial charge on any atom is -0.305 e. The number of amides is 1. The Hall–Kier alpha value is -2.50. The van der Waals surface area contributed by atoms with E-state index in [1.165, 1.54) is 17.4 Å². The third kappa shape index (κ3) is 4.32. The van der Waals surface area contributed by atoms with Gasteiger partial charge in [0, 0.05) is 31.4 Å². The summed E-state index contributed by atoms with van der Waals surface area (Å²) >= 11 is 1.48. The molecule has 3 nitrogen and oxygen atoms in total. The molecule has 1 amide bonds. The molecule has 0 atom stereocenters. The number of likely N-dealkylation sites (tertiary alicyclic amines) is 1. The zero-order chi connectivity index (χ0) is 19.3. The standard InChI is InChI=1S/C23H23FN2OS/c24-19-7-4-6-18(16-19)17-25-13-11-21(12-14-25)26(20-8-2-1-3-9-20)23(27)22-10-5-15-28-22/h1-10,15-16,21H,11-14,17H2. The molecule has 0 radical (unpaired) electrons. The molecule has 2 heterocycles. The van der Waals surface area contributed by atoms with Crippen molar-refractivity contribution in [2.45, 2.75) is 25.4 Å². The number of para-hydroxylation sites is 1. The Morgan fingerprint density at radius 2 is 1.82 bits per heavy atom. The van der Waals surface area contributed by atoms with E-state index in [9.17, 15) is 9.18 Å². The normalized spacial score (nSPS) is 15.5. The molecular weight excluding hydrogens is 371 g/mol. The van der Waals surface area contributed by atoms with Gasteiger partial charge in [0.25, 0.3) is 5.91 Å². The number of nitrogens with zero attached hydrogens (tertiary/aromatic N) is 2. The number of piperidine rings is 1. The number of hydrogen-bond donors (Lipinski definition) is 0. The van der Waals surface area contributed by atoms with Crippen molar-refractivity contribution in [1.29, 1.82) is 0 Å². The van der Waals surface area contributed by atoms with Crippen LogP contribution in [0.4, 0.5) is 10.1 Å². The summed E-state index contributed by atoms with van der Waals surface area (Å²) < 4.78 is 13.4. The first kappa shape index (κ1) is 18.8. The number of carbonyl (C=O) groups is 1. The van der Waals surface area contributed by atoms with Gasteiger partial charge < -0.3 is 4.90 Å². The fraction of sp³-hybridized carbons (Fsp3) is 0.261. The molecule has 0 spiro atoms. The van der Waals surface area contributed by atoms with E-state index >= 15 is 0 Å². The largest absolute Gasteiger partial charge is 0.305 e. The Labute approximate surface area is 169 Å².